The van der Waals surface area contributed by atoms with Crippen LogP contribution in [0.4, 0.5) is 0 Å². The van der Waals surface area contributed by atoms with Crippen molar-refractivity contribution in [1.29, 1.82) is 0 Å². The van der Waals surface area contributed by atoms with Crippen molar-refractivity contribution in [3.63, 3.8) is 0 Å². The fraction of sp³-hybridized carbons (Fsp3) is 0.0426. The first-order valence-corrected chi connectivity index (χ1v) is 17.4. The predicted molar refractivity (Wildman–Crippen MR) is 211 cm³/mol. The molecule has 2 N–H and O–H groups in total. The summed E-state index contributed by atoms with van der Waals surface area (Å²) in [7, 11) is 0. The quantitative estimate of drug-likeness (QED) is 0.194. The molecule has 0 saturated heterocycles. The van der Waals surface area contributed by atoms with Crippen molar-refractivity contribution in [2.45, 2.75) is 12.3 Å². The monoisotopic (exact) mass is 655 g/mol. The molecule has 0 amide bonds. The molecule has 0 bridgehead atoms. The third-order valence-electron chi connectivity index (χ3n) is 10.1. The molecule has 1 aliphatic heterocycles. The van der Waals surface area contributed by atoms with Crippen LogP contribution in [0.25, 0.3) is 65.7 Å². The largest absolute Gasteiger partial charge is 0.455 e. The number of nitrogens with zero attached hydrogens (tertiary/aromatic N) is 1. The molecule has 2 atom stereocenters. The maximum atomic E-state index is 6.84. The fourth-order valence-corrected chi connectivity index (χ4v) is 7.54. The molecular formula is C47H33N3O. The highest BCUT2D eigenvalue weighted by atomic mass is 16.3. The van der Waals surface area contributed by atoms with E-state index in [0.29, 0.717) is 0 Å². The van der Waals surface area contributed by atoms with E-state index < -0.39 is 0 Å². The van der Waals surface area contributed by atoms with Gasteiger partial charge in [-0.2, -0.15) is 0 Å². The fourth-order valence-electron chi connectivity index (χ4n) is 7.54. The van der Waals surface area contributed by atoms with E-state index in [1.807, 2.05) is 12.1 Å². The van der Waals surface area contributed by atoms with E-state index in [9.17, 15) is 0 Å². The van der Waals surface area contributed by atoms with Crippen molar-refractivity contribution < 1.29 is 4.42 Å². The molecule has 0 spiro atoms. The van der Waals surface area contributed by atoms with Gasteiger partial charge in [-0.15, -0.1) is 0 Å². The smallest absolute Gasteiger partial charge is 0.143 e. The first kappa shape index (κ1) is 29.4. The zero-order valence-corrected chi connectivity index (χ0v) is 27.8. The van der Waals surface area contributed by atoms with Gasteiger partial charge >= 0.3 is 0 Å². The molecule has 0 aliphatic carbocycles. The Bertz CT molecular complexity index is 2750. The first-order chi connectivity index (χ1) is 25.2. The van der Waals surface area contributed by atoms with E-state index in [4.69, 9.17) is 9.41 Å². The molecule has 2 unspecified atom stereocenters. The molecule has 9 aromatic rings. The van der Waals surface area contributed by atoms with E-state index in [-0.39, 0.29) is 12.3 Å². The minimum absolute atomic E-state index is 0.246. The third-order valence-corrected chi connectivity index (χ3v) is 10.1. The van der Waals surface area contributed by atoms with Crippen LogP contribution in [0.15, 0.2) is 185 Å². The van der Waals surface area contributed by atoms with Crippen molar-refractivity contribution >= 4 is 49.3 Å². The predicted octanol–water partition coefficient (Wildman–Crippen LogP) is 11.6. The Balaban J connectivity index is 1.11. The Hall–Kier alpha value is -6.49. The van der Waals surface area contributed by atoms with Crippen LogP contribution in [0.2, 0.25) is 0 Å². The molecular weight excluding hydrogens is 623 g/mol. The van der Waals surface area contributed by atoms with E-state index in [1.54, 1.807) is 0 Å². The van der Waals surface area contributed by atoms with Gasteiger partial charge in [-0.25, -0.2) is 4.99 Å². The summed E-state index contributed by atoms with van der Waals surface area (Å²) in [5, 5.41) is 14.5. The second-order valence-corrected chi connectivity index (χ2v) is 13.2. The molecule has 242 valence electrons. The molecule has 0 fully saturated rings. The summed E-state index contributed by atoms with van der Waals surface area (Å²) < 4.78 is 6.84. The van der Waals surface area contributed by atoms with Gasteiger partial charge in [0.15, 0.2) is 0 Å². The number of nitrogens with one attached hydrogen (secondary N) is 2. The highest BCUT2D eigenvalue weighted by Crippen LogP contribution is 2.41. The molecule has 4 nitrogen and oxygen atoms in total. The lowest BCUT2D eigenvalue weighted by molar-refractivity contribution is 0.411. The molecule has 0 radical (unpaired) electrons. The summed E-state index contributed by atoms with van der Waals surface area (Å²) in [5.41, 5.74) is 9.70. The van der Waals surface area contributed by atoms with Crippen LogP contribution < -0.4 is 10.6 Å². The van der Waals surface area contributed by atoms with Crippen molar-refractivity contribution in [2.24, 2.45) is 4.99 Å². The van der Waals surface area contributed by atoms with Gasteiger partial charge in [-0.3, -0.25) is 5.32 Å². The van der Waals surface area contributed by atoms with Gasteiger partial charge in [-0.1, -0.05) is 152 Å². The van der Waals surface area contributed by atoms with Gasteiger partial charge in [0.25, 0.3) is 0 Å². The highest BCUT2D eigenvalue weighted by Gasteiger charge is 2.29. The Morgan fingerprint density at radius 2 is 1.10 bits per heavy atom. The number of rotatable bonds is 5. The van der Waals surface area contributed by atoms with Crippen molar-refractivity contribution in [2.75, 3.05) is 0 Å². The summed E-state index contributed by atoms with van der Waals surface area (Å²) in [6, 6.07) is 62.2. The molecule has 4 heteroatoms. The molecule has 1 aromatic heterocycles. The number of benzene rings is 8. The van der Waals surface area contributed by atoms with Crippen molar-refractivity contribution in [3.8, 4) is 22.3 Å². The Kier molecular flexibility index (Phi) is 7.00. The number of hydrogen-bond acceptors (Lipinski definition) is 4. The van der Waals surface area contributed by atoms with E-state index in [0.717, 1.165) is 60.8 Å². The average Bonchev–Trinajstić information content (AvgIpc) is 3.60. The van der Waals surface area contributed by atoms with Gasteiger partial charge in [0.1, 0.15) is 29.3 Å². The number of amidine groups is 1. The maximum Gasteiger partial charge on any atom is 0.143 e. The molecule has 2 heterocycles. The number of hydrogen-bond donors (Lipinski definition) is 2. The van der Waals surface area contributed by atoms with Crippen LogP contribution in [0.3, 0.4) is 0 Å². The summed E-state index contributed by atoms with van der Waals surface area (Å²) >= 11 is 0. The maximum absolute atomic E-state index is 6.84. The minimum Gasteiger partial charge on any atom is -0.455 e. The Morgan fingerprint density at radius 3 is 1.92 bits per heavy atom. The number of fused-ring (bicyclic) bond motifs is 6. The molecule has 10 rings (SSSR count). The SMILES string of the molecule is c1ccc(-c2ccc(C3=NC(c4ccccc4)NC(c4cc5ccccc5c5oc6cc(-c7ccc8ccccc8c7)ccc6c45)N3)cc2)cc1. The van der Waals surface area contributed by atoms with Gasteiger partial charge in [-0.05, 0) is 68.2 Å². The van der Waals surface area contributed by atoms with Crippen LogP contribution in [0.1, 0.15) is 29.0 Å². The van der Waals surface area contributed by atoms with E-state index >= 15 is 0 Å². The topological polar surface area (TPSA) is 49.6 Å². The first-order valence-electron chi connectivity index (χ1n) is 17.4. The van der Waals surface area contributed by atoms with Crippen LogP contribution in [0, 0.1) is 0 Å². The second kappa shape index (κ2) is 12.1. The normalized spacial score (nSPS) is 16.0. The zero-order chi connectivity index (χ0) is 33.7. The lowest BCUT2D eigenvalue weighted by Crippen LogP contribution is -2.45. The lowest BCUT2D eigenvalue weighted by atomic mass is 9.96. The van der Waals surface area contributed by atoms with Gasteiger partial charge < -0.3 is 9.73 Å². The summed E-state index contributed by atoms with van der Waals surface area (Å²) in [6.07, 6.45) is -0.495. The summed E-state index contributed by atoms with van der Waals surface area (Å²) in [4.78, 5) is 5.23. The van der Waals surface area contributed by atoms with Gasteiger partial charge in [0.05, 0.1) is 0 Å². The van der Waals surface area contributed by atoms with Gasteiger partial charge in [0, 0.05) is 27.3 Å². The molecule has 1 aliphatic rings. The summed E-state index contributed by atoms with van der Waals surface area (Å²) in [5.74, 6) is 0.847. The van der Waals surface area contributed by atoms with Crippen LogP contribution in [-0.2, 0) is 0 Å². The second-order valence-electron chi connectivity index (χ2n) is 13.2. The standard InChI is InChI=1S/C47H33N3O/c1-3-11-30(12-4-1)32-19-22-34(23-20-32)46-48-45(33-14-5-2-6-15-33)49-47(50-46)41-28-38-17-9-10-18-39(38)44-43(41)40-26-25-37(29-42(40)51-44)36-24-21-31-13-7-8-16-35(31)27-36/h1-29,45,47,49H,(H,48,50). The lowest BCUT2D eigenvalue weighted by Gasteiger charge is -2.32. The molecule has 51 heavy (non-hydrogen) atoms. The minimum atomic E-state index is -0.250. The highest BCUT2D eigenvalue weighted by molar-refractivity contribution is 6.17. The number of furan rings is 1. The number of aliphatic imine (C=N–C) groups is 1. The summed E-state index contributed by atoms with van der Waals surface area (Å²) in [6.45, 7) is 0. The third kappa shape index (κ3) is 5.25. The van der Waals surface area contributed by atoms with Crippen LogP contribution in [-0.4, -0.2) is 5.84 Å². The zero-order valence-electron chi connectivity index (χ0n) is 27.8. The van der Waals surface area contributed by atoms with Crippen LogP contribution in [0.5, 0.6) is 0 Å². The Labute approximate surface area is 295 Å². The van der Waals surface area contributed by atoms with Gasteiger partial charge in [0.2, 0.25) is 0 Å². The Morgan fingerprint density at radius 1 is 0.471 bits per heavy atom. The van der Waals surface area contributed by atoms with Crippen LogP contribution >= 0.6 is 0 Å². The van der Waals surface area contributed by atoms with E-state index in [2.05, 4.69) is 174 Å². The molecule has 8 aromatic carbocycles. The van der Waals surface area contributed by atoms with Crippen molar-refractivity contribution in [3.05, 3.63) is 193 Å². The van der Waals surface area contributed by atoms with E-state index in [1.165, 1.54) is 27.5 Å². The van der Waals surface area contributed by atoms with Crippen molar-refractivity contribution in [1.82, 2.24) is 10.6 Å². The average molecular weight is 656 g/mol. The molecule has 0 saturated carbocycles.